The van der Waals surface area contributed by atoms with Gasteiger partial charge in [-0.15, -0.1) is 11.3 Å². The Hall–Kier alpha value is -3.44. The standard InChI is InChI=1S/C23H17N3OS/c27-22-21-20(18-13-7-8-14-19(18)28-21)25-23(24-15-16-9-3-1-4-10-16)26(22)17-11-5-2-6-12-17/h1-14H,15H2,(H,24,25). The molecule has 136 valence electrons. The minimum Gasteiger partial charge on any atom is -0.351 e. The third-order valence-electron chi connectivity index (χ3n) is 4.70. The van der Waals surface area contributed by atoms with E-state index in [2.05, 4.69) is 17.4 Å². The lowest BCUT2D eigenvalue weighted by Gasteiger charge is -2.14. The average Bonchev–Trinajstić information content (AvgIpc) is 3.13. The Kier molecular flexibility index (Phi) is 4.14. The number of benzene rings is 3. The van der Waals surface area contributed by atoms with Crippen molar-refractivity contribution in [1.29, 1.82) is 0 Å². The zero-order valence-corrected chi connectivity index (χ0v) is 15.8. The third-order valence-corrected chi connectivity index (χ3v) is 5.85. The molecule has 0 aliphatic carbocycles. The fraction of sp³-hybridized carbons (Fsp3) is 0.0435. The van der Waals surface area contributed by atoms with Crippen molar-refractivity contribution in [3.05, 3.63) is 101 Å². The first kappa shape index (κ1) is 16.7. The molecule has 0 bridgehead atoms. The topological polar surface area (TPSA) is 46.9 Å². The maximum Gasteiger partial charge on any atom is 0.277 e. The molecule has 0 amide bonds. The molecule has 0 saturated carbocycles. The Bertz CT molecular complexity index is 1320. The first-order chi connectivity index (χ1) is 13.8. The normalized spacial score (nSPS) is 11.1. The van der Waals surface area contributed by atoms with Crippen molar-refractivity contribution < 1.29 is 0 Å². The molecule has 3 aromatic carbocycles. The van der Waals surface area contributed by atoms with Crippen molar-refractivity contribution in [3.63, 3.8) is 0 Å². The molecular weight excluding hydrogens is 366 g/mol. The van der Waals surface area contributed by atoms with E-state index in [1.807, 2.05) is 72.8 Å². The van der Waals surface area contributed by atoms with Gasteiger partial charge in [-0.2, -0.15) is 0 Å². The molecule has 0 atom stereocenters. The Morgan fingerprint density at radius 3 is 2.32 bits per heavy atom. The number of anilines is 1. The quantitative estimate of drug-likeness (QED) is 0.463. The van der Waals surface area contributed by atoms with Gasteiger partial charge in [-0.1, -0.05) is 66.7 Å². The molecule has 2 heterocycles. The van der Waals surface area contributed by atoms with Gasteiger partial charge in [0.15, 0.2) is 0 Å². The molecule has 5 rings (SSSR count). The summed E-state index contributed by atoms with van der Waals surface area (Å²) in [5, 5.41) is 4.39. The third kappa shape index (κ3) is 2.86. The number of fused-ring (bicyclic) bond motifs is 3. The van der Waals surface area contributed by atoms with Crippen LogP contribution in [0.1, 0.15) is 5.56 Å². The molecule has 0 spiro atoms. The van der Waals surface area contributed by atoms with Crippen LogP contribution in [0.2, 0.25) is 0 Å². The van der Waals surface area contributed by atoms with E-state index in [0.29, 0.717) is 17.2 Å². The van der Waals surface area contributed by atoms with Crippen LogP contribution in [0.15, 0.2) is 89.7 Å². The van der Waals surface area contributed by atoms with Gasteiger partial charge in [0.25, 0.3) is 5.56 Å². The van der Waals surface area contributed by atoms with Crippen LogP contribution in [-0.4, -0.2) is 9.55 Å². The van der Waals surface area contributed by atoms with Gasteiger partial charge >= 0.3 is 0 Å². The smallest absolute Gasteiger partial charge is 0.277 e. The van der Waals surface area contributed by atoms with Crippen molar-refractivity contribution in [2.75, 3.05) is 5.32 Å². The van der Waals surface area contributed by atoms with Crippen LogP contribution in [0, 0.1) is 0 Å². The number of hydrogen-bond donors (Lipinski definition) is 1. The lowest BCUT2D eigenvalue weighted by molar-refractivity contribution is 0.941. The largest absolute Gasteiger partial charge is 0.351 e. The first-order valence-corrected chi connectivity index (χ1v) is 9.90. The van der Waals surface area contributed by atoms with E-state index in [1.165, 1.54) is 11.3 Å². The highest BCUT2D eigenvalue weighted by atomic mass is 32.1. The van der Waals surface area contributed by atoms with Gasteiger partial charge in [0.2, 0.25) is 5.95 Å². The zero-order chi connectivity index (χ0) is 18.9. The van der Waals surface area contributed by atoms with E-state index in [9.17, 15) is 4.79 Å². The van der Waals surface area contributed by atoms with Gasteiger partial charge in [-0.25, -0.2) is 9.55 Å². The lowest BCUT2D eigenvalue weighted by atomic mass is 10.2. The fourth-order valence-corrected chi connectivity index (χ4v) is 4.43. The molecule has 4 nitrogen and oxygen atoms in total. The average molecular weight is 383 g/mol. The Balaban J connectivity index is 1.73. The summed E-state index contributed by atoms with van der Waals surface area (Å²) in [6.45, 7) is 0.591. The van der Waals surface area contributed by atoms with Crippen molar-refractivity contribution in [2.24, 2.45) is 0 Å². The molecule has 1 N–H and O–H groups in total. The summed E-state index contributed by atoms with van der Waals surface area (Å²) in [4.78, 5) is 18.3. The fourth-order valence-electron chi connectivity index (χ4n) is 3.35. The highest BCUT2D eigenvalue weighted by Crippen LogP contribution is 2.31. The number of hydrogen-bond acceptors (Lipinski definition) is 4. The summed E-state index contributed by atoms with van der Waals surface area (Å²) in [5.41, 5.74) is 2.64. The van der Waals surface area contributed by atoms with Crippen LogP contribution in [0.5, 0.6) is 0 Å². The monoisotopic (exact) mass is 383 g/mol. The molecule has 0 radical (unpaired) electrons. The Morgan fingerprint density at radius 1 is 0.857 bits per heavy atom. The number of aromatic nitrogens is 2. The van der Waals surface area contributed by atoms with Crippen LogP contribution in [0.25, 0.3) is 26.0 Å². The molecule has 0 unspecified atom stereocenters. The molecule has 5 heteroatoms. The van der Waals surface area contributed by atoms with Gasteiger partial charge in [0, 0.05) is 16.6 Å². The maximum atomic E-state index is 13.4. The van der Waals surface area contributed by atoms with Gasteiger partial charge in [-0.3, -0.25) is 4.79 Å². The van der Waals surface area contributed by atoms with Crippen LogP contribution in [0.4, 0.5) is 5.95 Å². The van der Waals surface area contributed by atoms with E-state index < -0.39 is 0 Å². The molecule has 0 aliphatic rings. The number of thiophene rings is 1. The summed E-state index contributed by atoms with van der Waals surface area (Å²) in [7, 11) is 0. The summed E-state index contributed by atoms with van der Waals surface area (Å²) < 4.78 is 3.41. The summed E-state index contributed by atoms with van der Waals surface area (Å²) in [6, 6.07) is 27.8. The number of nitrogens with zero attached hydrogens (tertiary/aromatic N) is 2. The number of para-hydroxylation sites is 1. The highest BCUT2D eigenvalue weighted by molar-refractivity contribution is 7.25. The summed E-state index contributed by atoms with van der Waals surface area (Å²) in [5.74, 6) is 0.552. The molecule has 28 heavy (non-hydrogen) atoms. The Labute approximate surface area is 165 Å². The molecule has 0 fully saturated rings. The van der Waals surface area contributed by atoms with Gasteiger partial charge < -0.3 is 5.32 Å². The van der Waals surface area contributed by atoms with E-state index in [0.717, 1.165) is 26.9 Å². The second-order valence-corrected chi connectivity index (χ2v) is 7.58. The first-order valence-electron chi connectivity index (χ1n) is 9.09. The lowest BCUT2D eigenvalue weighted by Crippen LogP contribution is -2.23. The molecule has 0 aliphatic heterocycles. The SMILES string of the molecule is O=c1c2sc3ccccc3c2nc(NCc2ccccc2)n1-c1ccccc1. The van der Waals surface area contributed by atoms with Crippen LogP contribution in [-0.2, 0) is 6.54 Å². The zero-order valence-electron chi connectivity index (χ0n) is 15.0. The van der Waals surface area contributed by atoms with E-state index >= 15 is 0 Å². The van der Waals surface area contributed by atoms with Gasteiger partial charge in [0.1, 0.15) is 4.70 Å². The van der Waals surface area contributed by atoms with E-state index in [-0.39, 0.29) is 5.56 Å². The predicted molar refractivity (Wildman–Crippen MR) is 116 cm³/mol. The van der Waals surface area contributed by atoms with Crippen molar-refractivity contribution >= 4 is 37.6 Å². The van der Waals surface area contributed by atoms with Crippen molar-refractivity contribution in [3.8, 4) is 5.69 Å². The van der Waals surface area contributed by atoms with Gasteiger partial charge in [0.05, 0.1) is 11.2 Å². The van der Waals surface area contributed by atoms with E-state index in [4.69, 9.17) is 4.98 Å². The van der Waals surface area contributed by atoms with Crippen LogP contribution >= 0.6 is 11.3 Å². The van der Waals surface area contributed by atoms with Crippen LogP contribution in [0.3, 0.4) is 0 Å². The summed E-state index contributed by atoms with van der Waals surface area (Å²) in [6.07, 6.45) is 0. The predicted octanol–water partition coefficient (Wildman–Crippen LogP) is 5.21. The van der Waals surface area contributed by atoms with Crippen molar-refractivity contribution in [1.82, 2.24) is 9.55 Å². The maximum absolute atomic E-state index is 13.4. The van der Waals surface area contributed by atoms with E-state index in [1.54, 1.807) is 4.57 Å². The highest BCUT2D eigenvalue weighted by Gasteiger charge is 2.16. The molecular formula is C23H17N3OS. The number of nitrogens with one attached hydrogen (secondary N) is 1. The minimum atomic E-state index is -0.0482. The van der Waals surface area contributed by atoms with Crippen molar-refractivity contribution in [2.45, 2.75) is 6.54 Å². The second kappa shape index (κ2) is 6.94. The molecule has 0 saturated heterocycles. The Morgan fingerprint density at radius 2 is 1.54 bits per heavy atom. The van der Waals surface area contributed by atoms with Gasteiger partial charge in [-0.05, 0) is 23.8 Å². The molecule has 5 aromatic rings. The number of rotatable bonds is 4. The minimum absolute atomic E-state index is 0.0482. The van der Waals surface area contributed by atoms with Crippen LogP contribution < -0.4 is 10.9 Å². The molecule has 2 aromatic heterocycles. The summed E-state index contributed by atoms with van der Waals surface area (Å²) >= 11 is 1.50. The second-order valence-electron chi connectivity index (χ2n) is 6.53.